The molecule has 0 atom stereocenters. The van der Waals surface area contributed by atoms with E-state index in [0.29, 0.717) is 11.6 Å². The Bertz CT molecular complexity index is 971. The van der Waals surface area contributed by atoms with Crippen LogP contribution in [0.2, 0.25) is 0 Å². The lowest BCUT2D eigenvalue weighted by Gasteiger charge is -2.13. The molecular formula is C22H24N4O. The van der Waals surface area contributed by atoms with E-state index < -0.39 is 0 Å². The van der Waals surface area contributed by atoms with Gasteiger partial charge >= 0.3 is 0 Å². The van der Waals surface area contributed by atoms with Gasteiger partial charge in [-0.15, -0.1) is 0 Å². The van der Waals surface area contributed by atoms with Crippen LogP contribution < -0.4 is 10.6 Å². The molecule has 0 saturated heterocycles. The van der Waals surface area contributed by atoms with Gasteiger partial charge in [-0.2, -0.15) is 0 Å². The van der Waals surface area contributed by atoms with Crippen LogP contribution in [0, 0.1) is 34.6 Å². The molecule has 0 aliphatic rings. The summed E-state index contributed by atoms with van der Waals surface area (Å²) < 4.78 is 0. The first-order valence-corrected chi connectivity index (χ1v) is 8.90. The summed E-state index contributed by atoms with van der Waals surface area (Å²) in [5.41, 5.74) is 7.17. The SMILES string of the molecule is Cc1ccc(Nc2nc(C)cc(C(=O)Nc3c(C)cc(C)cc3C)n2)cc1. The Morgan fingerprint density at radius 3 is 2.07 bits per heavy atom. The van der Waals surface area contributed by atoms with Crippen LogP contribution in [0.15, 0.2) is 42.5 Å². The van der Waals surface area contributed by atoms with Crippen molar-refractivity contribution in [2.24, 2.45) is 0 Å². The van der Waals surface area contributed by atoms with E-state index in [4.69, 9.17) is 0 Å². The molecule has 138 valence electrons. The second kappa shape index (κ2) is 7.58. The molecule has 3 aromatic rings. The lowest BCUT2D eigenvalue weighted by Crippen LogP contribution is -2.17. The molecule has 27 heavy (non-hydrogen) atoms. The zero-order valence-electron chi connectivity index (χ0n) is 16.3. The average Bonchev–Trinajstić information content (AvgIpc) is 2.59. The van der Waals surface area contributed by atoms with Crippen LogP contribution in [-0.4, -0.2) is 15.9 Å². The van der Waals surface area contributed by atoms with E-state index in [9.17, 15) is 4.79 Å². The summed E-state index contributed by atoms with van der Waals surface area (Å²) in [5, 5.41) is 6.15. The highest BCUT2D eigenvalue weighted by Crippen LogP contribution is 2.23. The number of hydrogen-bond acceptors (Lipinski definition) is 4. The molecule has 0 saturated carbocycles. The zero-order valence-corrected chi connectivity index (χ0v) is 16.3. The van der Waals surface area contributed by atoms with Gasteiger partial charge in [-0.05, 0) is 63.9 Å². The molecule has 3 rings (SSSR count). The Kier molecular flexibility index (Phi) is 5.21. The second-order valence-electron chi connectivity index (χ2n) is 6.94. The normalized spacial score (nSPS) is 10.6. The van der Waals surface area contributed by atoms with Crippen molar-refractivity contribution in [3.8, 4) is 0 Å². The van der Waals surface area contributed by atoms with E-state index in [-0.39, 0.29) is 5.91 Å². The summed E-state index contributed by atoms with van der Waals surface area (Å²) >= 11 is 0. The minimum atomic E-state index is -0.248. The molecule has 1 aromatic heterocycles. The van der Waals surface area contributed by atoms with Crippen LogP contribution in [-0.2, 0) is 0 Å². The maximum Gasteiger partial charge on any atom is 0.274 e. The summed E-state index contributed by atoms with van der Waals surface area (Å²) in [6.45, 7) is 9.91. The van der Waals surface area contributed by atoms with Gasteiger partial charge in [0.1, 0.15) is 5.69 Å². The van der Waals surface area contributed by atoms with Gasteiger partial charge in [-0.3, -0.25) is 4.79 Å². The van der Waals surface area contributed by atoms with E-state index in [1.165, 1.54) is 11.1 Å². The molecule has 5 heteroatoms. The van der Waals surface area contributed by atoms with Crippen molar-refractivity contribution in [2.45, 2.75) is 34.6 Å². The van der Waals surface area contributed by atoms with Gasteiger partial charge in [-0.1, -0.05) is 35.4 Å². The van der Waals surface area contributed by atoms with Crippen molar-refractivity contribution in [2.75, 3.05) is 10.6 Å². The lowest BCUT2D eigenvalue weighted by molar-refractivity contribution is 0.102. The smallest absolute Gasteiger partial charge is 0.274 e. The average molecular weight is 360 g/mol. The standard InChI is InChI=1S/C22H24N4O/c1-13-6-8-18(9-7-13)24-22-23-17(5)12-19(25-22)21(27)26-20-15(3)10-14(2)11-16(20)4/h6-12H,1-5H3,(H,26,27)(H,23,24,25). The molecule has 1 amide bonds. The number of aromatic nitrogens is 2. The van der Waals surface area contributed by atoms with Gasteiger partial charge in [0.25, 0.3) is 5.91 Å². The van der Waals surface area contributed by atoms with Crippen molar-refractivity contribution in [1.29, 1.82) is 0 Å². The van der Waals surface area contributed by atoms with Crippen molar-refractivity contribution in [3.63, 3.8) is 0 Å². The summed E-state index contributed by atoms with van der Waals surface area (Å²) in [7, 11) is 0. The molecule has 0 spiro atoms. The number of carbonyl (C=O) groups is 1. The summed E-state index contributed by atoms with van der Waals surface area (Å²) in [5.74, 6) is 0.156. The van der Waals surface area contributed by atoms with E-state index >= 15 is 0 Å². The molecule has 5 nitrogen and oxygen atoms in total. The topological polar surface area (TPSA) is 66.9 Å². The molecule has 0 unspecified atom stereocenters. The fourth-order valence-electron chi connectivity index (χ4n) is 3.06. The van der Waals surface area contributed by atoms with E-state index in [2.05, 4.69) is 32.7 Å². The molecule has 2 aromatic carbocycles. The van der Waals surface area contributed by atoms with Gasteiger partial charge in [0.15, 0.2) is 0 Å². The third-order valence-corrected chi connectivity index (χ3v) is 4.31. The largest absolute Gasteiger partial charge is 0.324 e. The van der Waals surface area contributed by atoms with Crippen molar-refractivity contribution >= 4 is 23.2 Å². The fourth-order valence-corrected chi connectivity index (χ4v) is 3.06. The number of nitrogens with zero attached hydrogens (tertiary/aromatic N) is 2. The Morgan fingerprint density at radius 1 is 0.815 bits per heavy atom. The van der Waals surface area contributed by atoms with Gasteiger partial charge in [-0.25, -0.2) is 9.97 Å². The van der Waals surface area contributed by atoms with Crippen molar-refractivity contribution in [1.82, 2.24) is 9.97 Å². The Labute approximate surface area is 159 Å². The van der Waals surface area contributed by atoms with Gasteiger partial charge in [0.05, 0.1) is 0 Å². The maximum absolute atomic E-state index is 12.8. The minimum Gasteiger partial charge on any atom is -0.324 e. The van der Waals surface area contributed by atoms with Gasteiger partial charge in [0, 0.05) is 17.1 Å². The molecule has 0 fully saturated rings. The van der Waals surface area contributed by atoms with Crippen LogP contribution in [0.1, 0.15) is 38.4 Å². The summed E-state index contributed by atoms with van der Waals surface area (Å²) in [6, 6.07) is 13.7. The first kappa shape index (κ1) is 18.6. The Balaban J connectivity index is 1.85. The number of rotatable bonds is 4. The summed E-state index contributed by atoms with van der Waals surface area (Å²) in [6.07, 6.45) is 0. The van der Waals surface area contributed by atoms with Crippen LogP contribution in [0.4, 0.5) is 17.3 Å². The van der Waals surface area contributed by atoms with Crippen LogP contribution in [0.5, 0.6) is 0 Å². The van der Waals surface area contributed by atoms with Crippen molar-refractivity contribution in [3.05, 3.63) is 76.1 Å². The number of hydrogen-bond donors (Lipinski definition) is 2. The van der Waals surface area contributed by atoms with Gasteiger partial charge in [0.2, 0.25) is 5.95 Å². The Hall–Kier alpha value is -3.21. The minimum absolute atomic E-state index is 0.248. The molecule has 2 N–H and O–H groups in total. The first-order chi connectivity index (χ1) is 12.8. The third-order valence-electron chi connectivity index (χ3n) is 4.31. The van der Waals surface area contributed by atoms with E-state index in [1.807, 2.05) is 58.9 Å². The Morgan fingerprint density at radius 2 is 1.44 bits per heavy atom. The first-order valence-electron chi connectivity index (χ1n) is 8.90. The fraction of sp³-hybridized carbons (Fsp3) is 0.227. The molecule has 1 heterocycles. The van der Waals surface area contributed by atoms with Gasteiger partial charge < -0.3 is 10.6 Å². The zero-order chi connectivity index (χ0) is 19.6. The summed E-state index contributed by atoms with van der Waals surface area (Å²) in [4.78, 5) is 21.6. The number of aryl methyl sites for hydroxylation is 5. The highest BCUT2D eigenvalue weighted by atomic mass is 16.1. The lowest BCUT2D eigenvalue weighted by atomic mass is 10.0. The number of benzene rings is 2. The van der Waals surface area contributed by atoms with Crippen LogP contribution >= 0.6 is 0 Å². The maximum atomic E-state index is 12.8. The molecule has 0 bridgehead atoms. The molecular weight excluding hydrogens is 336 g/mol. The molecule has 0 aliphatic heterocycles. The van der Waals surface area contributed by atoms with Crippen molar-refractivity contribution < 1.29 is 4.79 Å². The monoisotopic (exact) mass is 360 g/mol. The van der Waals surface area contributed by atoms with E-state index in [0.717, 1.165) is 28.2 Å². The number of amides is 1. The highest BCUT2D eigenvalue weighted by Gasteiger charge is 2.14. The number of nitrogens with one attached hydrogen (secondary N) is 2. The van der Waals surface area contributed by atoms with E-state index in [1.54, 1.807) is 6.07 Å². The second-order valence-corrected chi connectivity index (χ2v) is 6.94. The highest BCUT2D eigenvalue weighted by molar-refractivity contribution is 6.04. The quantitative estimate of drug-likeness (QED) is 0.686. The predicted molar refractivity (Wildman–Crippen MR) is 110 cm³/mol. The number of carbonyl (C=O) groups excluding carboxylic acids is 1. The molecule has 0 aliphatic carbocycles. The van der Waals surface area contributed by atoms with Crippen LogP contribution in [0.25, 0.3) is 0 Å². The third kappa shape index (κ3) is 4.50. The number of anilines is 3. The molecule has 0 radical (unpaired) electrons. The predicted octanol–water partition coefficient (Wildman–Crippen LogP) is 5.01. The van der Waals surface area contributed by atoms with Crippen LogP contribution in [0.3, 0.4) is 0 Å².